The largest absolute Gasteiger partial charge is 0.292 e. The van der Waals surface area contributed by atoms with Gasteiger partial charge in [0.25, 0.3) is 0 Å². The maximum absolute atomic E-state index is 5.90. The van der Waals surface area contributed by atoms with Crippen molar-refractivity contribution in [3.05, 3.63) is 34.3 Å². The van der Waals surface area contributed by atoms with E-state index in [9.17, 15) is 0 Å². The van der Waals surface area contributed by atoms with Crippen LogP contribution in [0.5, 0.6) is 0 Å². The minimum Gasteiger partial charge on any atom is -0.292 e. The van der Waals surface area contributed by atoms with Crippen molar-refractivity contribution in [2.24, 2.45) is 10.9 Å². The van der Waals surface area contributed by atoms with Gasteiger partial charge in [0.2, 0.25) is 0 Å². The molecule has 88 valence electrons. The second-order valence-electron chi connectivity index (χ2n) is 4.18. The predicted molar refractivity (Wildman–Crippen MR) is 72.7 cm³/mol. The zero-order chi connectivity index (χ0) is 12.0. The molecule has 1 rings (SSSR count). The van der Waals surface area contributed by atoms with E-state index in [4.69, 9.17) is 11.6 Å². The average Bonchev–Trinajstić information content (AvgIpc) is 2.27. The smallest absolute Gasteiger partial charge is 0.0417 e. The van der Waals surface area contributed by atoms with Gasteiger partial charge in [-0.05, 0) is 36.1 Å². The van der Waals surface area contributed by atoms with Gasteiger partial charge in [0.05, 0.1) is 0 Å². The highest BCUT2D eigenvalue weighted by Crippen LogP contribution is 2.14. The van der Waals surface area contributed by atoms with Gasteiger partial charge in [-0.2, -0.15) is 0 Å². The molecule has 0 aromatic heterocycles. The highest BCUT2D eigenvalue weighted by molar-refractivity contribution is 6.30. The minimum absolute atomic E-state index is 0.712. The Kier molecular flexibility index (Phi) is 5.54. The minimum atomic E-state index is 0.712. The van der Waals surface area contributed by atoms with E-state index in [0.717, 1.165) is 17.1 Å². The molecule has 0 amide bonds. The second-order valence-corrected chi connectivity index (χ2v) is 4.61. The standard InChI is InChI=1S/C14H20ClN/c1-4-12(5-2)9-16-10-13-6-7-14(15)8-11(13)3/h6-8,10,12H,4-5,9H2,1-3H3. The monoisotopic (exact) mass is 237 g/mol. The molecule has 0 fully saturated rings. The fourth-order valence-corrected chi connectivity index (χ4v) is 1.86. The van der Waals surface area contributed by atoms with Gasteiger partial charge < -0.3 is 0 Å². The first-order valence-electron chi connectivity index (χ1n) is 5.93. The molecule has 1 aromatic carbocycles. The first kappa shape index (κ1) is 13.2. The molecular weight excluding hydrogens is 218 g/mol. The molecule has 0 aliphatic carbocycles. The normalized spacial score (nSPS) is 11.6. The van der Waals surface area contributed by atoms with Gasteiger partial charge in [0.15, 0.2) is 0 Å². The summed E-state index contributed by atoms with van der Waals surface area (Å²) in [7, 11) is 0. The van der Waals surface area contributed by atoms with Crippen LogP contribution in [-0.2, 0) is 0 Å². The third kappa shape index (κ3) is 3.97. The number of aryl methyl sites for hydroxylation is 1. The van der Waals surface area contributed by atoms with Crippen LogP contribution in [0.1, 0.15) is 37.8 Å². The van der Waals surface area contributed by atoms with E-state index in [2.05, 4.69) is 25.8 Å². The zero-order valence-corrected chi connectivity index (χ0v) is 11.1. The Morgan fingerprint density at radius 3 is 2.56 bits per heavy atom. The number of rotatable bonds is 5. The van der Waals surface area contributed by atoms with E-state index >= 15 is 0 Å². The van der Waals surface area contributed by atoms with E-state index in [-0.39, 0.29) is 0 Å². The van der Waals surface area contributed by atoms with E-state index in [1.807, 2.05) is 24.4 Å². The highest BCUT2D eigenvalue weighted by Gasteiger charge is 2.01. The number of aliphatic imine (C=N–C) groups is 1. The van der Waals surface area contributed by atoms with E-state index in [1.54, 1.807) is 0 Å². The molecular formula is C14H20ClN. The molecule has 0 aliphatic rings. The lowest BCUT2D eigenvalue weighted by Crippen LogP contribution is -2.01. The molecule has 0 heterocycles. The van der Waals surface area contributed by atoms with E-state index in [1.165, 1.54) is 18.4 Å². The molecule has 0 saturated heterocycles. The van der Waals surface area contributed by atoms with Gasteiger partial charge in [-0.1, -0.05) is 44.4 Å². The summed E-state index contributed by atoms with van der Waals surface area (Å²) in [6.45, 7) is 7.42. The van der Waals surface area contributed by atoms with Crippen LogP contribution in [0.4, 0.5) is 0 Å². The molecule has 2 heteroatoms. The molecule has 0 radical (unpaired) electrons. The number of nitrogens with zero attached hydrogens (tertiary/aromatic N) is 1. The summed E-state index contributed by atoms with van der Waals surface area (Å²) in [5.41, 5.74) is 2.34. The SMILES string of the molecule is CCC(CC)CN=Cc1ccc(Cl)cc1C. The third-order valence-electron chi connectivity index (χ3n) is 2.98. The lowest BCUT2D eigenvalue weighted by atomic mass is 10.0. The Morgan fingerprint density at radius 2 is 2.00 bits per heavy atom. The van der Waals surface area contributed by atoms with Gasteiger partial charge in [-0.15, -0.1) is 0 Å². The fraction of sp³-hybridized carbons (Fsp3) is 0.500. The van der Waals surface area contributed by atoms with Crippen LogP contribution in [0.15, 0.2) is 23.2 Å². The van der Waals surface area contributed by atoms with E-state index < -0.39 is 0 Å². The number of halogens is 1. The first-order valence-corrected chi connectivity index (χ1v) is 6.31. The summed E-state index contributed by atoms with van der Waals surface area (Å²) in [6, 6.07) is 5.90. The van der Waals surface area contributed by atoms with Gasteiger partial charge in [-0.3, -0.25) is 4.99 Å². The van der Waals surface area contributed by atoms with Crippen molar-refractivity contribution in [3.63, 3.8) is 0 Å². The van der Waals surface area contributed by atoms with Crippen molar-refractivity contribution in [2.75, 3.05) is 6.54 Å². The molecule has 0 N–H and O–H groups in total. The van der Waals surface area contributed by atoms with Gasteiger partial charge in [0, 0.05) is 17.8 Å². The van der Waals surface area contributed by atoms with Crippen molar-refractivity contribution < 1.29 is 0 Å². The Morgan fingerprint density at radius 1 is 1.31 bits per heavy atom. The van der Waals surface area contributed by atoms with Crippen molar-refractivity contribution in [3.8, 4) is 0 Å². The average molecular weight is 238 g/mol. The topological polar surface area (TPSA) is 12.4 Å². The quantitative estimate of drug-likeness (QED) is 0.669. The van der Waals surface area contributed by atoms with Gasteiger partial charge >= 0.3 is 0 Å². The van der Waals surface area contributed by atoms with Crippen LogP contribution in [0, 0.1) is 12.8 Å². The summed E-state index contributed by atoms with van der Waals surface area (Å²) in [5.74, 6) is 0.712. The fourth-order valence-electron chi connectivity index (χ4n) is 1.63. The Bertz CT molecular complexity index is 354. The third-order valence-corrected chi connectivity index (χ3v) is 3.22. The van der Waals surface area contributed by atoms with Crippen LogP contribution < -0.4 is 0 Å². The van der Waals surface area contributed by atoms with E-state index in [0.29, 0.717) is 5.92 Å². The maximum atomic E-state index is 5.90. The Labute approximate surface area is 104 Å². The van der Waals surface area contributed by atoms with Crippen LogP contribution in [0.3, 0.4) is 0 Å². The molecule has 0 bridgehead atoms. The molecule has 0 spiro atoms. The molecule has 16 heavy (non-hydrogen) atoms. The number of benzene rings is 1. The summed E-state index contributed by atoms with van der Waals surface area (Å²) in [6.07, 6.45) is 4.37. The molecule has 1 aromatic rings. The summed E-state index contributed by atoms with van der Waals surface area (Å²) >= 11 is 5.90. The molecule has 0 aliphatic heterocycles. The van der Waals surface area contributed by atoms with Crippen LogP contribution in [-0.4, -0.2) is 12.8 Å². The van der Waals surface area contributed by atoms with Crippen molar-refractivity contribution in [1.82, 2.24) is 0 Å². The van der Waals surface area contributed by atoms with Crippen LogP contribution >= 0.6 is 11.6 Å². The van der Waals surface area contributed by atoms with Gasteiger partial charge in [-0.25, -0.2) is 0 Å². The molecule has 0 atom stereocenters. The number of hydrogen-bond acceptors (Lipinski definition) is 1. The first-order chi connectivity index (χ1) is 7.67. The molecule has 0 unspecified atom stereocenters. The summed E-state index contributed by atoms with van der Waals surface area (Å²) in [5, 5.41) is 0.787. The highest BCUT2D eigenvalue weighted by atomic mass is 35.5. The van der Waals surface area contributed by atoms with Crippen molar-refractivity contribution >= 4 is 17.8 Å². The summed E-state index contributed by atoms with van der Waals surface area (Å²) in [4.78, 5) is 4.51. The zero-order valence-electron chi connectivity index (χ0n) is 10.3. The Hall–Kier alpha value is -0.820. The lowest BCUT2D eigenvalue weighted by molar-refractivity contribution is 0.507. The predicted octanol–water partition coefficient (Wildman–Crippen LogP) is 4.50. The summed E-state index contributed by atoms with van der Waals surface area (Å²) < 4.78 is 0. The van der Waals surface area contributed by atoms with Crippen LogP contribution in [0.2, 0.25) is 5.02 Å². The molecule has 1 nitrogen and oxygen atoms in total. The van der Waals surface area contributed by atoms with Crippen LogP contribution in [0.25, 0.3) is 0 Å². The Balaban J connectivity index is 2.62. The van der Waals surface area contributed by atoms with Crippen molar-refractivity contribution in [1.29, 1.82) is 0 Å². The van der Waals surface area contributed by atoms with Crippen molar-refractivity contribution in [2.45, 2.75) is 33.6 Å². The van der Waals surface area contributed by atoms with Gasteiger partial charge in [0.1, 0.15) is 0 Å². The maximum Gasteiger partial charge on any atom is 0.0417 e. The molecule has 0 saturated carbocycles. The second kappa shape index (κ2) is 6.70. The number of hydrogen-bond donors (Lipinski definition) is 0. The lowest BCUT2D eigenvalue weighted by Gasteiger charge is -2.07.